The van der Waals surface area contributed by atoms with Gasteiger partial charge < -0.3 is 11.1 Å². The van der Waals surface area contributed by atoms with Crippen LogP contribution in [0.15, 0.2) is 12.7 Å². The molecule has 4 nitrogen and oxygen atoms in total. The van der Waals surface area contributed by atoms with E-state index in [-0.39, 0.29) is 11.9 Å². The van der Waals surface area contributed by atoms with Crippen LogP contribution in [0.5, 0.6) is 0 Å². The van der Waals surface area contributed by atoms with Gasteiger partial charge in [0.25, 0.3) is 0 Å². The first-order valence-corrected chi connectivity index (χ1v) is 4.10. The van der Waals surface area contributed by atoms with E-state index >= 15 is 0 Å². The van der Waals surface area contributed by atoms with E-state index in [4.69, 9.17) is 5.73 Å². The van der Waals surface area contributed by atoms with Crippen LogP contribution in [0.25, 0.3) is 0 Å². The summed E-state index contributed by atoms with van der Waals surface area (Å²) in [7, 11) is 0. The second-order valence-electron chi connectivity index (χ2n) is 2.91. The molecule has 1 aliphatic heterocycles. The van der Waals surface area contributed by atoms with Crippen LogP contribution in [0, 0.1) is 0 Å². The second-order valence-corrected chi connectivity index (χ2v) is 2.91. The van der Waals surface area contributed by atoms with Crippen LogP contribution < -0.4 is 11.1 Å². The first kappa shape index (κ1) is 9.22. The van der Waals surface area contributed by atoms with Crippen LogP contribution in [0.4, 0.5) is 0 Å². The smallest absolute Gasteiger partial charge is 0.236 e. The fourth-order valence-electron chi connectivity index (χ4n) is 1.41. The number of piperazine rings is 1. The van der Waals surface area contributed by atoms with Crippen LogP contribution in [0.3, 0.4) is 0 Å². The van der Waals surface area contributed by atoms with Gasteiger partial charge >= 0.3 is 0 Å². The highest BCUT2D eigenvalue weighted by Crippen LogP contribution is 2.01. The maximum Gasteiger partial charge on any atom is 0.236 e. The quantitative estimate of drug-likeness (QED) is 0.529. The molecule has 0 aliphatic carbocycles. The van der Waals surface area contributed by atoms with Crippen LogP contribution in [-0.4, -0.2) is 43.0 Å². The van der Waals surface area contributed by atoms with Crippen molar-refractivity contribution in [1.82, 2.24) is 10.2 Å². The molecule has 0 bridgehead atoms. The largest absolute Gasteiger partial charge is 0.368 e. The highest BCUT2D eigenvalue weighted by molar-refractivity contribution is 5.80. The molecule has 0 aromatic heterocycles. The molecule has 1 atom stereocenters. The van der Waals surface area contributed by atoms with Crippen molar-refractivity contribution >= 4 is 5.91 Å². The zero-order valence-corrected chi connectivity index (χ0v) is 7.12. The van der Waals surface area contributed by atoms with Crippen molar-refractivity contribution in [3.8, 4) is 0 Å². The number of nitrogens with zero attached hydrogens (tertiary/aromatic N) is 1. The highest BCUT2D eigenvalue weighted by atomic mass is 16.1. The maximum absolute atomic E-state index is 10.9. The molecule has 4 heteroatoms. The maximum atomic E-state index is 10.9. The van der Waals surface area contributed by atoms with Crippen molar-refractivity contribution in [2.24, 2.45) is 5.73 Å². The van der Waals surface area contributed by atoms with Crippen molar-refractivity contribution in [2.45, 2.75) is 6.04 Å². The van der Waals surface area contributed by atoms with E-state index in [2.05, 4.69) is 11.9 Å². The Morgan fingerprint density at radius 3 is 3.17 bits per heavy atom. The predicted molar refractivity (Wildman–Crippen MR) is 47.6 cm³/mol. The first-order chi connectivity index (χ1) is 5.75. The lowest BCUT2D eigenvalue weighted by molar-refractivity contribution is -0.123. The van der Waals surface area contributed by atoms with E-state index in [0.29, 0.717) is 6.54 Å². The molecule has 68 valence electrons. The number of amides is 1. The van der Waals surface area contributed by atoms with Crippen molar-refractivity contribution in [3.63, 3.8) is 0 Å². The molecule has 0 aromatic rings. The van der Waals surface area contributed by atoms with Crippen LogP contribution in [0.2, 0.25) is 0 Å². The number of nitrogens with two attached hydrogens (primary N) is 1. The van der Waals surface area contributed by atoms with Crippen molar-refractivity contribution in [2.75, 3.05) is 26.2 Å². The lowest BCUT2D eigenvalue weighted by atomic mass is 10.2. The summed E-state index contributed by atoms with van der Waals surface area (Å²) in [5.41, 5.74) is 5.23. The molecule has 0 radical (unpaired) electrons. The Labute approximate surface area is 72.4 Å². The van der Waals surface area contributed by atoms with Gasteiger partial charge in [-0.05, 0) is 0 Å². The number of nitrogens with one attached hydrogen (secondary N) is 1. The van der Waals surface area contributed by atoms with Gasteiger partial charge in [-0.3, -0.25) is 9.69 Å². The molecular formula is C8H15N3O. The van der Waals surface area contributed by atoms with Gasteiger partial charge in [0.05, 0.1) is 0 Å². The number of hydrogen-bond acceptors (Lipinski definition) is 3. The molecule has 1 rings (SSSR count). The third-order valence-corrected chi connectivity index (χ3v) is 2.05. The van der Waals surface area contributed by atoms with Gasteiger partial charge in [0.2, 0.25) is 5.91 Å². The minimum atomic E-state index is -0.260. The Bertz CT molecular complexity index is 181. The SMILES string of the molecule is C=CCN1CCNCC1C(N)=O. The molecule has 1 fully saturated rings. The van der Waals surface area contributed by atoms with E-state index in [0.717, 1.165) is 19.6 Å². The first-order valence-electron chi connectivity index (χ1n) is 4.10. The van der Waals surface area contributed by atoms with Gasteiger partial charge in [0.1, 0.15) is 6.04 Å². The zero-order valence-electron chi connectivity index (χ0n) is 7.12. The Balaban J connectivity index is 2.53. The Kier molecular flexibility index (Phi) is 3.25. The molecule has 3 N–H and O–H groups in total. The average molecular weight is 169 g/mol. The zero-order chi connectivity index (χ0) is 8.97. The number of carbonyl (C=O) groups excluding carboxylic acids is 1. The van der Waals surface area contributed by atoms with Gasteiger partial charge in [-0.1, -0.05) is 6.08 Å². The minimum absolute atomic E-state index is 0.170. The van der Waals surface area contributed by atoms with Gasteiger partial charge in [-0.2, -0.15) is 0 Å². The summed E-state index contributed by atoms with van der Waals surface area (Å²) in [4.78, 5) is 13.0. The van der Waals surface area contributed by atoms with Crippen LogP contribution >= 0.6 is 0 Å². The van der Waals surface area contributed by atoms with Crippen molar-refractivity contribution in [1.29, 1.82) is 0 Å². The summed E-state index contributed by atoms with van der Waals surface area (Å²) >= 11 is 0. The molecule has 12 heavy (non-hydrogen) atoms. The Hall–Kier alpha value is -0.870. The van der Waals surface area contributed by atoms with E-state index in [1.165, 1.54) is 0 Å². The number of hydrogen-bond donors (Lipinski definition) is 2. The fourth-order valence-corrected chi connectivity index (χ4v) is 1.41. The standard InChI is InChI=1S/C8H15N3O/c1-2-4-11-5-3-10-6-7(11)8(9)12/h2,7,10H,1,3-6H2,(H2,9,12). The molecule has 0 aromatic carbocycles. The normalized spacial score (nSPS) is 25.2. The molecule has 1 unspecified atom stereocenters. The summed E-state index contributed by atoms with van der Waals surface area (Å²) in [5, 5.41) is 3.13. The predicted octanol–water partition coefficient (Wildman–Crippen LogP) is -1.07. The van der Waals surface area contributed by atoms with Crippen molar-refractivity contribution in [3.05, 3.63) is 12.7 Å². The number of rotatable bonds is 3. The van der Waals surface area contributed by atoms with E-state index in [1.54, 1.807) is 6.08 Å². The van der Waals surface area contributed by atoms with E-state index in [1.807, 2.05) is 4.90 Å². The van der Waals surface area contributed by atoms with Crippen molar-refractivity contribution < 1.29 is 4.79 Å². The van der Waals surface area contributed by atoms with Crippen LogP contribution in [0.1, 0.15) is 0 Å². The number of carbonyl (C=O) groups is 1. The van der Waals surface area contributed by atoms with Gasteiger partial charge in [0, 0.05) is 26.2 Å². The topological polar surface area (TPSA) is 58.4 Å². The number of primary amides is 1. The molecule has 1 saturated heterocycles. The summed E-state index contributed by atoms with van der Waals surface area (Å²) in [6, 6.07) is -0.170. The molecule has 1 amide bonds. The summed E-state index contributed by atoms with van der Waals surface area (Å²) in [6.07, 6.45) is 1.79. The van der Waals surface area contributed by atoms with E-state index < -0.39 is 0 Å². The summed E-state index contributed by atoms with van der Waals surface area (Å²) in [6.45, 7) is 6.80. The summed E-state index contributed by atoms with van der Waals surface area (Å²) < 4.78 is 0. The van der Waals surface area contributed by atoms with Crippen LogP contribution in [-0.2, 0) is 4.79 Å². The third kappa shape index (κ3) is 2.06. The average Bonchev–Trinajstić information content (AvgIpc) is 2.05. The molecule has 0 spiro atoms. The third-order valence-electron chi connectivity index (χ3n) is 2.05. The summed E-state index contributed by atoms with van der Waals surface area (Å²) in [5.74, 6) is -0.260. The monoisotopic (exact) mass is 169 g/mol. The van der Waals surface area contributed by atoms with Gasteiger partial charge in [0.15, 0.2) is 0 Å². The molecule has 1 aliphatic rings. The second kappa shape index (κ2) is 4.23. The minimum Gasteiger partial charge on any atom is -0.368 e. The molecule has 0 saturated carbocycles. The lowest BCUT2D eigenvalue weighted by Crippen LogP contribution is -2.56. The van der Waals surface area contributed by atoms with Gasteiger partial charge in [-0.15, -0.1) is 6.58 Å². The fraction of sp³-hybridized carbons (Fsp3) is 0.625. The Morgan fingerprint density at radius 1 is 1.83 bits per heavy atom. The van der Waals surface area contributed by atoms with E-state index in [9.17, 15) is 4.79 Å². The highest BCUT2D eigenvalue weighted by Gasteiger charge is 2.25. The molecule has 1 heterocycles. The Morgan fingerprint density at radius 2 is 2.58 bits per heavy atom. The lowest BCUT2D eigenvalue weighted by Gasteiger charge is -2.33. The molecular weight excluding hydrogens is 154 g/mol. The van der Waals surface area contributed by atoms with Gasteiger partial charge in [-0.25, -0.2) is 0 Å².